The van der Waals surface area contributed by atoms with E-state index in [2.05, 4.69) is 111 Å². The third-order valence-corrected chi connectivity index (χ3v) is 10.9. The van der Waals surface area contributed by atoms with E-state index in [0.29, 0.717) is 12.8 Å². The summed E-state index contributed by atoms with van der Waals surface area (Å²) in [5, 5.41) is 30.9. The van der Waals surface area contributed by atoms with Crippen LogP contribution in [0.5, 0.6) is 0 Å². The van der Waals surface area contributed by atoms with Crippen molar-refractivity contribution < 1.29 is 56.8 Å². The van der Waals surface area contributed by atoms with Crippen molar-refractivity contribution in [3.63, 3.8) is 0 Å². The number of hydrogen-bond donors (Lipinski definition) is 4. The number of hydrogen-bond acceptors (Lipinski definition) is 11. The molecule has 64 heavy (non-hydrogen) atoms. The molecule has 1 aliphatic rings. The normalized spacial score (nSPS) is 20.5. The maximum absolute atomic E-state index is 12.8. The van der Waals surface area contributed by atoms with Gasteiger partial charge in [-0.05, 0) is 96.3 Å². The number of rotatable bonds is 38. The van der Waals surface area contributed by atoms with E-state index in [1.54, 1.807) is 0 Å². The highest BCUT2D eigenvalue weighted by molar-refractivity contribution is 7.85. The van der Waals surface area contributed by atoms with Gasteiger partial charge >= 0.3 is 11.9 Å². The molecule has 1 aliphatic heterocycles. The second-order valence-corrected chi connectivity index (χ2v) is 17.6. The van der Waals surface area contributed by atoms with E-state index in [4.69, 9.17) is 18.9 Å². The van der Waals surface area contributed by atoms with Gasteiger partial charge in [-0.1, -0.05) is 143 Å². The maximum atomic E-state index is 12.8. The van der Waals surface area contributed by atoms with Crippen molar-refractivity contribution in [2.24, 2.45) is 0 Å². The monoisotopic (exact) mass is 919 g/mol. The predicted octanol–water partition coefficient (Wildman–Crippen LogP) is 10.2. The van der Waals surface area contributed by atoms with Gasteiger partial charge in [-0.15, -0.1) is 0 Å². The van der Waals surface area contributed by atoms with Crippen LogP contribution in [0.1, 0.15) is 155 Å². The van der Waals surface area contributed by atoms with E-state index in [1.165, 1.54) is 25.7 Å². The summed E-state index contributed by atoms with van der Waals surface area (Å²) in [7, 11) is -4.62. The number of carbonyl (C=O) groups excluding carboxylic acids is 2. The van der Waals surface area contributed by atoms with Crippen LogP contribution in [0.2, 0.25) is 0 Å². The van der Waals surface area contributed by atoms with Crippen LogP contribution in [0.3, 0.4) is 0 Å². The Labute approximate surface area is 385 Å². The van der Waals surface area contributed by atoms with E-state index in [0.717, 1.165) is 89.9 Å². The van der Waals surface area contributed by atoms with Gasteiger partial charge in [-0.3, -0.25) is 14.1 Å². The van der Waals surface area contributed by atoms with Gasteiger partial charge in [0.1, 0.15) is 36.8 Å². The standard InChI is InChI=1S/C51H82O12S/c1-3-5-7-9-11-13-15-17-19-21-22-24-25-27-29-31-33-35-37-39-46(52)60-41-44(42-61-51-50(56)49(55)48(54)45(63-51)43-64(57,58)59)62-47(53)40-38-36-34-32-30-28-26-23-20-18-16-14-12-10-8-6-4-2/h8,10-11,13-14,16-17,19-20,22-24,27-30,44-45,48-51,54-56H,3-7,9,12,15,18,21,25-26,31-43H2,1-2H3,(H,57,58,59)/b10-8+,13-11+,16-14+,19-17+,23-20+,24-22+,29-27+,30-28+/t44-,45-,48-,49?,50?,51+/m1/s1. The van der Waals surface area contributed by atoms with Crippen LogP contribution >= 0.6 is 0 Å². The Hall–Kier alpha value is -3.43. The van der Waals surface area contributed by atoms with Crippen molar-refractivity contribution in [2.75, 3.05) is 19.0 Å². The molecule has 0 radical (unpaired) electrons. The van der Waals surface area contributed by atoms with Crippen LogP contribution in [0.15, 0.2) is 97.2 Å². The highest BCUT2D eigenvalue weighted by Crippen LogP contribution is 2.24. The third-order valence-electron chi connectivity index (χ3n) is 10.1. The molecule has 4 N–H and O–H groups in total. The minimum Gasteiger partial charge on any atom is -0.462 e. The molecule has 0 saturated carbocycles. The van der Waals surface area contributed by atoms with Crippen molar-refractivity contribution in [2.45, 2.75) is 192 Å². The van der Waals surface area contributed by atoms with Crippen molar-refractivity contribution in [1.29, 1.82) is 0 Å². The number of aliphatic hydroxyl groups is 3. The molecule has 364 valence electrons. The Morgan fingerprint density at radius 2 is 0.969 bits per heavy atom. The summed E-state index contributed by atoms with van der Waals surface area (Å²) < 4.78 is 54.1. The summed E-state index contributed by atoms with van der Waals surface area (Å²) in [6.07, 6.45) is 44.4. The van der Waals surface area contributed by atoms with E-state index < -0.39 is 71.2 Å². The van der Waals surface area contributed by atoms with E-state index in [1.807, 2.05) is 0 Å². The highest BCUT2D eigenvalue weighted by Gasteiger charge is 2.46. The summed E-state index contributed by atoms with van der Waals surface area (Å²) in [6.45, 7) is 3.60. The van der Waals surface area contributed by atoms with Crippen molar-refractivity contribution in [3.05, 3.63) is 97.2 Å². The molecular formula is C51H82O12S. The van der Waals surface area contributed by atoms with Crippen molar-refractivity contribution in [1.82, 2.24) is 0 Å². The first-order valence-electron chi connectivity index (χ1n) is 23.8. The molecule has 1 heterocycles. The lowest BCUT2D eigenvalue weighted by Gasteiger charge is -2.40. The fourth-order valence-electron chi connectivity index (χ4n) is 6.41. The molecule has 12 nitrogen and oxygen atoms in total. The van der Waals surface area contributed by atoms with Crippen LogP contribution in [-0.2, 0) is 38.7 Å². The molecule has 13 heteroatoms. The fraction of sp³-hybridized carbons (Fsp3) is 0.647. The Morgan fingerprint density at radius 3 is 1.42 bits per heavy atom. The second kappa shape index (κ2) is 39.9. The molecular weight excluding hydrogens is 837 g/mol. The first-order valence-corrected chi connectivity index (χ1v) is 25.4. The number of unbranched alkanes of at least 4 members (excludes halogenated alkanes) is 10. The van der Waals surface area contributed by atoms with E-state index in [9.17, 15) is 37.9 Å². The maximum Gasteiger partial charge on any atom is 0.306 e. The zero-order valence-electron chi connectivity index (χ0n) is 38.8. The number of allylic oxidation sites excluding steroid dienone is 16. The summed E-state index contributed by atoms with van der Waals surface area (Å²) >= 11 is 0. The Bertz CT molecular complexity index is 1540. The lowest BCUT2D eigenvalue weighted by atomic mass is 10.00. The van der Waals surface area contributed by atoms with Gasteiger partial charge in [0, 0.05) is 12.8 Å². The Balaban J connectivity index is 2.49. The van der Waals surface area contributed by atoms with Crippen molar-refractivity contribution >= 4 is 22.1 Å². The first-order chi connectivity index (χ1) is 31.0. The van der Waals surface area contributed by atoms with Gasteiger partial charge in [0.25, 0.3) is 10.1 Å². The average molecular weight is 919 g/mol. The highest BCUT2D eigenvalue weighted by atomic mass is 32.2. The molecule has 0 aromatic heterocycles. The van der Waals surface area contributed by atoms with Crippen LogP contribution < -0.4 is 0 Å². The fourth-order valence-corrected chi connectivity index (χ4v) is 7.10. The smallest absolute Gasteiger partial charge is 0.306 e. The zero-order valence-corrected chi connectivity index (χ0v) is 39.7. The van der Waals surface area contributed by atoms with Crippen LogP contribution in [0.25, 0.3) is 0 Å². The van der Waals surface area contributed by atoms with Gasteiger partial charge in [-0.25, -0.2) is 0 Å². The van der Waals surface area contributed by atoms with E-state index >= 15 is 0 Å². The van der Waals surface area contributed by atoms with Crippen LogP contribution in [0.4, 0.5) is 0 Å². The third kappa shape index (κ3) is 34.0. The molecule has 1 fully saturated rings. The Morgan fingerprint density at radius 1 is 0.531 bits per heavy atom. The van der Waals surface area contributed by atoms with Gasteiger partial charge in [-0.2, -0.15) is 8.42 Å². The number of ether oxygens (including phenoxy) is 4. The second-order valence-electron chi connectivity index (χ2n) is 16.1. The lowest BCUT2D eigenvalue weighted by Crippen LogP contribution is -2.60. The predicted molar refractivity (Wildman–Crippen MR) is 256 cm³/mol. The molecule has 0 amide bonds. The zero-order chi connectivity index (χ0) is 46.9. The number of carbonyl (C=O) groups is 2. The lowest BCUT2D eigenvalue weighted by molar-refractivity contribution is -0.297. The minimum absolute atomic E-state index is 0.113. The quantitative estimate of drug-likeness (QED) is 0.0199. The first kappa shape index (κ1) is 58.6. The summed E-state index contributed by atoms with van der Waals surface area (Å²) in [6, 6.07) is 0. The summed E-state index contributed by atoms with van der Waals surface area (Å²) in [5.74, 6) is -2.08. The van der Waals surface area contributed by atoms with Crippen LogP contribution in [0, 0.1) is 0 Å². The van der Waals surface area contributed by atoms with Crippen LogP contribution in [-0.4, -0.2) is 96.0 Å². The molecule has 0 aromatic carbocycles. The minimum atomic E-state index is -4.62. The molecule has 0 spiro atoms. The van der Waals surface area contributed by atoms with Crippen molar-refractivity contribution in [3.8, 4) is 0 Å². The molecule has 2 unspecified atom stereocenters. The molecule has 0 bridgehead atoms. The molecule has 0 aromatic rings. The van der Waals surface area contributed by atoms with Gasteiger partial charge in [0.2, 0.25) is 0 Å². The SMILES string of the molecule is CCC/C=C/C/C=C/C/C=C/C/C=C/CCCCCC(=O)O[C@H](COC(=O)CCCCC/C=C/C/C=C/C/C=C/C/C=C/CCCCC)CO[C@H]1O[C@H](CS(=O)(=O)O)[C@@H](O)C(O)C1O. The number of aliphatic hydroxyl groups excluding tert-OH is 3. The summed E-state index contributed by atoms with van der Waals surface area (Å²) in [4.78, 5) is 25.4. The average Bonchev–Trinajstić information content (AvgIpc) is 3.26. The molecule has 0 aliphatic carbocycles. The largest absolute Gasteiger partial charge is 0.462 e. The summed E-state index contributed by atoms with van der Waals surface area (Å²) in [5.41, 5.74) is 0. The van der Waals surface area contributed by atoms with Gasteiger partial charge in [0.15, 0.2) is 12.4 Å². The topological polar surface area (TPSA) is 186 Å². The van der Waals surface area contributed by atoms with Gasteiger partial charge in [0.05, 0.1) is 6.61 Å². The van der Waals surface area contributed by atoms with E-state index in [-0.39, 0.29) is 19.4 Å². The Kier molecular flexibility index (Phi) is 36.5. The number of esters is 2. The molecule has 6 atom stereocenters. The van der Waals surface area contributed by atoms with Gasteiger partial charge < -0.3 is 34.3 Å². The molecule has 1 rings (SSSR count). The molecule has 1 saturated heterocycles.